The van der Waals surface area contributed by atoms with Crippen LogP contribution in [0.1, 0.15) is 53.3 Å². The van der Waals surface area contributed by atoms with Gasteiger partial charge in [0.15, 0.2) is 5.65 Å². The normalized spacial score (nSPS) is 16.4. The first-order valence-electron chi connectivity index (χ1n) is 10.7. The van der Waals surface area contributed by atoms with E-state index in [1.165, 1.54) is 16.6 Å². The summed E-state index contributed by atoms with van der Waals surface area (Å²) in [5, 5.41) is 5.83. The van der Waals surface area contributed by atoms with Crippen LogP contribution >= 0.6 is 0 Å². The lowest BCUT2D eigenvalue weighted by molar-refractivity contribution is -0.133. The average molecular weight is 402 g/mol. The summed E-state index contributed by atoms with van der Waals surface area (Å²) in [5.41, 5.74) is 8.69. The molecule has 1 amide bonds. The lowest BCUT2D eigenvalue weighted by Crippen LogP contribution is -2.39. The number of H-pyrrole nitrogens is 1. The van der Waals surface area contributed by atoms with Crippen LogP contribution in [0.5, 0.6) is 0 Å². The van der Waals surface area contributed by atoms with Gasteiger partial charge in [0.25, 0.3) is 0 Å². The smallest absolute Gasteiger partial charge is 0.223 e. The van der Waals surface area contributed by atoms with Crippen molar-refractivity contribution in [1.82, 2.24) is 24.5 Å². The predicted octanol–water partition coefficient (Wildman–Crippen LogP) is 4.21. The minimum absolute atomic E-state index is 0.0604. The maximum Gasteiger partial charge on any atom is 0.223 e. The highest BCUT2D eigenvalue weighted by Gasteiger charge is 2.30. The van der Waals surface area contributed by atoms with E-state index < -0.39 is 0 Å². The summed E-state index contributed by atoms with van der Waals surface area (Å²) < 4.78 is 1.89. The number of fused-ring (bicyclic) bond motifs is 4. The Morgan fingerprint density at radius 2 is 2.03 bits per heavy atom. The fourth-order valence-electron chi connectivity index (χ4n) is 4.95. The minimum atomic E-state index is 0.0604. The summed E-state index contributed by atoms with van der Waals surface area (Å²) in [6, 6.07) is 10.5. The molecule has 30 heavy (non-hydrogen) atoms. The van der Waals surface area contributed by atoms with Crippen LogP contribution in [-0.2, 0) is 17.6 Å². The number of aryl methyl sites for hydroxylation is 3. The third-order valence-corrected chi connectivity index (χ3v) is 6.53. The monoisotopic (exact) mass is 401 g/mol. The van der Waals surface area contributed by atoms with E-state index >= 15 is 0 Å². The van der Waals surface area contributed by atoms with Crippen molar-refractivity contribution in [3.05, 3.63) is 64.2 Å². The number of nitrogens with one attached hydrogen (secondary N) is 1. The Bertz CT molecular complexity index is 1280. The minimum Gasteiger partial charge on any atom is -0.356 e. The van der Waals surface area contributed by atoms with Crippen LogP contribution in [0.15, 0.2) is 30.3 Å². The molecule has 0 saturated carbocycles. The van der Waals surface area contributed by atoms with Gasteiger partial charge in [-0.1, -0.05) is 18.2 Å². The van der Waals surface area contributed by atoms with Crippen LogP contribution in [-0.4, -0.2) is 36.9 Å². The Kier molecular flexibility index (Phi) is 4.38. The van der Waals surface area contributed by atoms with Crippen molar-refractivity contribution < 1.29 is 4.79 Å². The Morgan fingerprint density at radius 1 is 1.23 bits per heavy atom. The third-order valence-electron chi connectivity index (χ3n) is 6.53. The van der Waals surface area contributed by atoms with E-state index in [0.717, 1.165) is 46.8 Å². The summed E-state index contributed by atoms with van der Waals surface area (Å²) in [6.45, 7) is 8.96. The Balaban J connectivity index is 1.37. The highest BCUT2D eigenvalue weighted by atomic mass is 16.2. The number of hydrogen-bond donors (Lipinski definition) is 1. The highest BCUT2D eigenvalue weighted by molar-refractivity contribution is 5.86. The predicted molar refractivity (Wildman–Crippen MR) is 118 cm³/mol. The van der Waals surface area contributed by atoms with Gasteiger partial charge in [0.2, 0.25) is 5.91 Å². The molecule has 0 fully saturated rings. The van der Waals surface area contributed by atoms with Crippen LogP contribution in [0.3, 0.4) is 0 Å². The third kappa shape index (κ3) is 2.90. The number of aromatic amines is 1. The van der Waals surface area contributed by atoms with E-state index in [1.807, 2.05) is 29.3 Å². The van der Waals surface area contributed by atoms with Crippen LogP contribution in [0.4, 0.5) is 0 Å². The van der Waals surface area contributed by atoms with Crippen LogP contribution in [0.2, 0.25) is 0 Å². The standard InChI is InChI=1S/C24H27N5O/c1-14-13-22-25-15(2)18(16(3)29(22)27-14)9-10-23(30)28-12-11-20-19-7-5-6-8-21(19)26-24(20)17(28)4/h5-8,13,17,26H,9-12H2,1-4H3/t17-/m1/s1. The number of carbonyl (C=O) groups excluding carboxylic acids is 1. The number of para-hydroxylation sites is 1. The molecule has 154 valence electrons. The van der Waals surface area contributed by atoms with Crippen molar-refractivity contribution in [2.45, 2.75) is 53.0 Å². The summed E-state index contributed by atoms with van der Waals surface area (Å²) >= 11 is 0. The van der Waals surface area contributed by atoms with Gasteiger partial charge in [-0.3, -0.25) is 4.79 Å². The van der Waals surface area contributed by atoms with E-state index in [0.29, 0.717) is 12.8 Å². The number of benzene rings is 1. The van der Waals surface area contributed by atoms with Crippen molar-refractivity contribution in [2.75, 3.05) is 6.54 Å². The second-order valence-electron chi connectivity index (χ2n) is 8.39. The van der Waals surface area contributed by atoms with Gasteiger partial charge in [-0.25, -0.2) is 9.50 Å². The fraction of sp³-hybridized carbons (Fsp3) is 0.375. The van der Waals surface area contributed by atoms with Crippen molar-refractivity contribution in [1.29, 1.82) is 0 Å². The first-order chi connectivity index (χ1) is 14.4. The van der Waals surface area contributed by atoms with Gasteiger partial charge >= 0.3 is 0 Å². The van der Waals surface area contributed by atoms with Gasteiger partial charge in [0, 0.05) is 47.0 Å². The van der Waals surface area contributed by atoms with Crippen LogP contribution in [0.25, 0.3) is 16.6 Å². The molecule has 0 aliphatic carbocycles. The molecule has 6 nitrogen and oxygen atoms in total. The van der Waals surface area contributed by atoms with Gasteiger partial charge in [-0.15, -0.1) is 0 Å². The average Bonchev–Trinajstić information content (AvgIpc) is 3.28. The molecular formula is C24H27N5O. The molecule has 1 aliphatic rings. The SMILES string of the molecule is Cc1cc2nc(C)c(CCC(=O)N3CCc4c([nH]c5ccccc45)[C@H]3C)c(C)n2n1. The molecule has 6 heteroatoms. The number of aromatic nitrogens is 4. The molecular weight excluding hydrogens is 374 g/mol. The number of hydrogen-bond acceptors (Lipinski definition) is 3. The molecule has 0 spiro atoms. The molecule has 0 unspecified atom stereocenters. The van der Waals surface area contributed by atoms with Gasteiger partial charge in [-0.2, -0.15) is 5.10 Å². The summed E-state index contributed by atoms with van der Waals surface area (Å²) in [5.74, 6) is 0.197. The quantitative estimate of drug-likeness (QED) is 0.559. The largest absolute Gasteiger partial charge is 0.356 e. The van der Waals surface area contributed by atoms with Gasteiger partial charge < -0.3 is 9.88 Å². The molecule has 0 radical (unpaired) electrons. The molecule has 1 N–H and O–H groups in total. The van der Waals surface area contributed by atoms with Crippen molar-refractivity contribution in [2.24, 2.45) is 0 Å². The topological polar surface area (TPSA) is 66.3 Å². The molecule has 1 aliphatic heterocycles. The Labute approximate surface area is 175 Å². The number of carbonyl (C=O) groups is 1. The zero-order chi connectivity index (χ0) is 21.0. The van der Waals surface area contributed by atoms with E-state index in [-0.39, 0.29) is 11.9 Å². The van der Waals surface area contributed by atoms with Crippen molar-refractivity contribution >= 4 is 22.5 Å². The molecule has 1 aromatic carbocycles. The second-order valence-corrected chi connectivity index (χ2v) is 8.39. The summed E-state index contributed by atoms with van der Waals surface area (Å²) in [4.78, 5) is 23.4. The Morgan fingerprint density at radius 3 is 2.87 bits per heavy atom. The molecule has 0 saturated heterocycles. The van der Waals surface area contributed by atoms with Crippen molar-refractivity contribution in [3.63, 3.8) is 0 Å². The summed E-state index contributed by atoms with van der Waals surface area (Å²) in [6.07, 6.45) is 2.06. The lowest BCUT2D eigenvalue weighted by atomic mass is 9.97. The van der Waals surface area contributed by atoms with E-state index in [9.17, 15) is 4.79 Å². The van der Waals surface area contributed by atoms with Gasteiger partial charge in [0.1, 0.15) is 0 Å². The second kappa shape index (κ2) is 6.97. The van der Waals surface area contributed by atoms with E-state index in [1.54, 1.807) is 0 Å². The number of amides is 1. The summed E-state index contributed by atoms with van der Waals surface area (Å²) in [7, 11) is 0. The molecule has 4 heterocycles. The van der Waals surface area contributed by atoms with Crippen LogP contribution in [0, 0.1) is 20.8 Å². The first-order valence-corrected chi connectivity index (χ1v) is 10.7. The molecule has 5 rings (SSSR count). The zero-order valence-electron chi connectivity index (χ0n) is 18.0. The van der Waals surface area contributed by atoms with Gasteiger partial charge in [0.05, 0.1) is 11.7 Å². The van der Waals surface area contributed by atoms with Gasteiger partial charge in [-0.05, 0) is 57.7 Å². The number of rotatable bonds is 3. The van der Waals surface area contributed by atoms with E-state index in [4.69, 9.17) is 0 Å². The van der Waals surface area contributed by atoms with E-state index in [2.05, 4.69) is 53.2 Å². The van der Waals surface area contributed by atoms with Crippen molar-refractivity contribution in [3.8, 4) is 0 Å². The molecule has 4 aromatic rings. The lowest BCUT2D eigenvalue weighted by Gasteiger charge is -2.34. The molecule has 3 aromatic heterocycles. The Hall–Kier alpha value is -3.15. The zero-order valence-corrected chi connectivity index (χ0v) is 18.0. The van der Waals surface area contributed by atoms with Crippen LogP contribution < -0.4 is 0 Å². The first kappa shape index (κ1) is 18.9. The maximum absolute atomic E-state index is 13.2. The number of nitrogens with zero attached hydrogens (tertiary/aromatic N) is 4. The molecule has 0 bridgehead atoms. The maximum atomic E-state index is 13.2. The highest BCUT2D eigenvalue weighted by Crippen LogP contribution is 2.34. The molecule has 1 atom stereocenters. The fourth-order valence-corrected chi connectivity index (χ4v) is 4.95.